The lowest BCUT2D eigenvalue weighted by Crippen LogP contribution is -2.28. The minimum atomic E-state index is -3.81. The van der Waals surface area contributed by atoms with E-state index in [1.54, 1.807) is 6.92 Å². The summed E-state index contributed by atoms with van der Waals surface area (Å²) in [4.78, 5) is 21.3. The van der Waals surface area contributed by atoms with Gasteiger partial charge in [0.05, 0.1) is 0 Å². The van der Waals surface area contributed by atoms with E-state index < -0.39 is 16.0 Å². The minimum absolute atomic E-state index is 0.0195. The van der Waals surface area contributed by atoms with Crippen molar-refractivity contribution >= 4 is 38.4 Å². The Bertz CT molecular complexity index is 613. The lowest BCUT2D eigenvalue weighted by Gasteiger charge is -2.10. The Morgan fingerprint density at radius 3 is 2.62 bits per heavy atom. The molecule has 0 bridgehead atoms. The van der Waals surface area contributed by atoms with Crippen LogP contribution in [-0.4, -0.2) is 42.1 Å². The molecule has 1 unspecified atom stereocenters. The first-order valence-electron chi connectivity index (χ1n) is 6.03. The van der Waals surface area contributed by atoms with Crippen LogP contribution >= 0.6 is 11.3 Å². The van der Waals surface area contributed by atoms with Gasteiger partial charge in [-0.1, -0.05) is 18.3 Å². The molecule has 0 aromatic carbocycles. The SMILES string of the molecule is CC(=O)Nc1nnc(S(=O)(=O)NCC(C)CCC(=O)O)s1. The van der Waals surface area contributed by atoms with Crippen LogP contribution in [-0.2, 0) is 19.6 Å². The zero-order valence-electron chi connectivity index (χ0n) is 11.5. The summed E-state index contributed by atoms with van der Waals surface area (Å²) in [5.74, 6) is -1.42. The van der Waals surface area contributed by atoms with Gasteiger partial charge < -0.3 is 10.4 Å². The second-order valence-electron chi connectivity index (χ2n) is 4.44. The number of nitrogens with one attached hydrogen (secondary N) is 2. The summed E-state index contributed by atoms with van der Waals surface area (Å²) in [6.07, 6.45) is 0.347. The van der Waals surface area contributed by atoms with E-state index in [9.17, 15) is 18.0 Å². The highest BCUT2D eigenvalue weighted by Crippen LogP contribution is 2.19. The van der Waals surface area contributed by atoms with Crippen LogP contribution in [0.5, 0.6) is 0 Å². The van der Waals surface area contributed by atoms with Gasteiger partial charge in [-0.15, -0.1) is 10.2 Å². The molecule has 0 aliphatic carbocycles. The summed E-state index contributed by atoms with van der Waals surface area (Å²) in [5.41, 5.74) is 0. The molecule has 0 fully saturated rings. The summed E-state index contributed by atoms with van der Waals surface area (Å²) in [6, 6.07) is 0. The van der Waals surface area contributed by atoms with E-state index in [4.69, 9.17) is 5.11 Å². The van der Waals surface area contributed by atoms with Crippen LogP contribution in [0, 0.1) is 5.92 Å². The maximum Gasteiger partial charge on any atom is 0.303 e. The average Bonchev–Trinajstić information content (AvgIpc) is 2.82. The molecule has 0 spiro atoms. The van der Waals surface area contributed by atoms with Gasteiger partial charge in [0.25, 0.3) is 10.0 Å². The van der Waals surface area contributed by atoms with Gasteiger partial charge in [0.2, 0.25) is 15.4 Å². The van der Waals surface area contributed by atoms with Crippen LogP contribution in [0.2, 0.25) is 0 Å². The number of anilines is 1. The van der Waals surface area contributed by atoms with Gasteiger partial charge >= 0.3 is 5.97 Å². The van der Waals surface area contributed by atoms with E-state index >= 15 is 0 Å². The third-order valence-corrected chi connectivity index (χ3v) is 5.02. The number of carbonyl (C=O) groups is 2. The third kappa shape index (κ3) is 6.14. The quantitative estimate of drug-likeness (QED) is 0.579. The predicted octanol–water partition coefficient (Wildman–Crippen LogP) is 0.276. The first kappa shape index (κ1) is 17.5. The largest absolute Gasteiger partial charge is 0.481 e. The van der Waals surface area contributed by atoms with Gasteiger partial charge in [0.15, 0.2) is 0 Å². The third-order valence-electron chi connectivity index (χ3n) is 2.39. The Morgan fingerprint density at radius 1 is 1.38 bits per heavy atom. The van der Waals surface area contributed by atoms with E-state index in [1.165, 1.54) is 6.92 Å². The van der Waals surface area contributed by atoms with Crippen LogP contribution in [0.4, 0.5) is 5.13 Å². The molecule has 0 saturated heterocycles. The smallest absolute Gasteiger partial charge is 0.303 e. The van der Waals surface area contributed by atoms with Gasteiger partial charge in [0.1, 0.15) is 0 Å². The van der Waals surface area contributed by atoms with Crippen LogP contribution in [0.25, 0.3) is 0 Å². The molecule has 0 aliphatic rings. The zero-order chi connectivity index (χ0) is 16.0. The lowest BCUT2D eigenvalue weighted by atomic mass is 10.1. The van der Waals surface area contributed by atoms with Gasteiger partial charge in [-0.25, -0.2) is 13.1 Å². The number of aromatic nitrogens is 2. The number of nitrogens with zero attached hydrogens (tertiary/aromatic N) is 2. The molecule has 1 aromatic rings. The Kier molecular flexibility index (Phi) is 6.18. The number of rotatable bonds is 8. The topological polar surface area (TPSA) is 138 Å². The van der Waals surface area contributed by atoms with Crippen LogP contribution in [0.1, 0.15) is 26.7 Å². The zero-order valence-corrected chi connectivity index (χ0v) is 13.1. The van der Waals surface area contributed by atoms with Gasteiger partial charge in [-0.2, -0.15) is 0 Å². The van der Waals surface area contributed by atoms with E-state index in [0.717, 1.165) is 11.3 Å². The van der Waals surface area contributed by atoms with Crippen molar-refractivity contribution < 1.29 is 23.1 Å². The molecular formula is C10H16N4O5S2. The van der Waals surface area contributed by atoms with E-state index in [2.05, 4.69) is 20.2 Å². The van der Waals surface area contributed by atoms with Gasteiger partial charge in [0, 0.05) is 19.9 Å². The molecule has 0 radical (unpaired) electrons. The molecule has 1 rings (SSSR count). The molecule has 118 valence electrons. The van der Waals surface area contributed by atoms with E-state index in [1.807, 2.05) is 0 Å². The monoisotopic (exact) mass is 336 g/mol. The normalized spacial score (nSPS) is 12.9. The van der Waals surface area contributed by atoms with Crippen molar-refractivity contribution in [2.24, 2.45) is 5.92 Å². The Labute approximate surface area is 125 Å². The molecule has 1 heterocycles. The number of carboxylic acids is 1. The van der Waals surface area contributed by atoms with Crippen molar-refractivity contribution in [1.29, 1.82) is 0 Å². The van der Waals surface area contributed by atoms with Gasteiger partial charge in [-0.05, 0) is 12.3 Å². The molecule has 1 amide bonds. The predicted molar refractivity (Wildman–Crippen MR) is 75.4 cm³/mol. The van der Waals surface area contributed by atoms with Crippen molar-refractivity contribution in [3.63, 3.8) is 0 Å². The number of aliphatic carboxylic acids is 1. The molecule has 11 heteroatoms. The highest BCUT2D eigenvalue weighted by Gasteiger charge is 2.21. The summed E-state index contributed by atoms with van der Waals surface area (Å²) < 4.78 is 26.0. The first-order valence-corrected chi connectivity index (χ1v) is 8.33. The molecule has 1 atom stereocenters. The first-order chi connectivity index (χ1) is 9.70. The number of hydrogen-bond donors (Lipinski definition) is 3. The fourth-order valence-electron chi connectivity index (χ4n) is 1.31. The number of sulfonamides is 1. The molecule has 1 aromatic heterocycles. The summed E-state index contributed by atoms with van der Waals surface area (Å²) in [7, 11) is -3.81. The molecule has 3 N–H and O–H groups in total. The van der Waals surface area contributed by atoms with E-state index in [-0.39, 0.29) is 34.3 Å². The van der Waals surface area contributed by atoms with Crippen LogP contribution in [0.15, 0.2) is 4.34 Å². The molecule has 0 aliphatic heterocycles. The maximum absolute atomic E-state index is 11.9. The Hall–Kier alpha value is -1.59. The minimum Gasteiger partial charge on any atom is -0.481 e. The molecule has 0 saturated carbocycles. The molecule has 9 nitrogen and oxygen atoms in total. The highest BCUT2D eigenvalue weighted by atomic mass is 32.2. The van der Waals surface area contributed by atoms with Crippen LogP contribution in [0.3, 0.4) is 0 Å². The fourth-order valence-corrected chi connectivity index (χ4v) is 3.46. The van der Waals surface area contributed by atoms with Crippen molar-refractivity contribution in [1.82, 2.24) is 14.9 Å². The van der Waals surface area contributed by atoms with Gasteiger partial charge in [-0.3, -0.25) is 9.59 Å². The maximum atomic E-state index is 11.9. The second kappa shape index (κ2) is 7.43. The summed E-state index contributed by atoms with van der Waals surface area (Å²) >= 11 is 0.739. The number of amides is 1. The molecular weight excluding hydrogens is 320 g/mol. The fraction of sp³-hybridized carbons (Fsp3) is 0.600. The number of carbonyl (C=O) groups excluding carboxylic acids is 1. The Morgan fingerprint density at radius 2 is 2.05 bits per heavy atom. The lowest BCUT2D eigenvalue weighted by molar-refractivity contribution is -0.137. The summed E-state index contributed by atoms with van der Waals surface area (Å²) in [5, 5.41) is 18.0. The Balaban J connectivity index is 2.58. The molecule has 21 heavy (non-hydrogen) atoms. The van der Waals surface area contributed by atoms with Crippen molar-refractivity contribution in [3.05, 3.63) is 0 Å². The number of hydrogen-bond acceptors (Lipinski definition) is 7. The van der Waals surface area contributed by atoms with Crippen molar-refractivity contribution in [2.45, 2.75) is 31.0 Å². The van der Waals surface area contributed by atoms with Crippen molar-refractivity contribution in [2.75, 3.05) is 11.9 Å². The van der Waals surface area contributed by atoms with E-state index in [0.29, 0.717) is 6.42 Å². The standard InChI is InChI=1S/C10H16N4O5S2/c1-6(3-4-8(16)17)5-11-21(18,19)10-14-13-9(20-10)12-7(2)15/h6,11H,3-5H2,1-2H3,(H,16,17)(H,12,13,15). The van der Waals surface area contributed by atoms with Crippen molar-refractivity contribution in [3.8, 4) is 0 Å². The number of carboxylic acid groups (broad SMARTS) is 1. The second-order valence-corrected chi connectivity index (χ2v) is 7.36. The summed E-state index contributed by atoms with van der Waals surface area (Å²) in [6.45, 7) is 3.12. The van der Waals surface area contributed by atoms with Crippen LogP contribution < -0.4 is 10.0 Å². The average molecular weight is 336 g/mol. The highest BCUT2D eigenvalue weighted by molar-refractivity contribution is 7.91.